The van der Waals surface area contributed by atoms with Crippen LogP contribution < -0.4 is 0 Å². The summed E-state index contributed by atoms with van der Waals surface area (Å²) in [5.74, 6) is 0. The summed E-state index contributed by atoms with van der Waals surface area (Å²) in [6.45, 7) is 0.511. The van der Waals surface area contributed by atoms with E-state index in [9.17, 15) is 13.5 Å². The third kappa shape index (κ3) is 3.17. The summed E-state index contributed by atoms with van der Waals surface area (Å²) in [5.41, 5.74) is 2.11. The van der Waals surface area contributed by atoms with Crippen molar-refractivity contribution in [2.45, 2.75) is 31.5 Å². The molecule has 0 amide bonds. The lowest BCUT2D eigenvalue weighted by molar-refractivity contribution is 0.128. The lowest BCUT2D eigenvalue weighted by atomic mass is 10.2. The van der Waals surface area contributed by atoms with Crippen molar-refractivity contribution in [1.82, 2.24) is 8.87 Å². The van der Waals surface area contributed by atoms with E-state index in [1.807, 2.05) is 36.4 Å². The molecule has 25 heavy (non-hydrogen) atoms. The monoisotopic (exact) mass is 358 g/mol. The molecule has 0 spiro atoms. The Kier molecular flexibility index (Phi) is 4.06. The van der Waals surface area contributed by atoms with Gasteiger partial charge in [-0.15, -0.1) is 0 Å². The van der Waals surface area contributed by atoms with Crippen LogP contribution in [0, 0.1) is 0 Å². The van der Waals surface area contributed by atoms with Crippen LogP contribution in [0.1, 0.15) is 12.8 Å². The Morgan fingerprint density at radius 1 is 1.08 bits per heavy atom. The van der Waals surface area contributed by atoms with Crippen LogP contribution in [0.4, 0.5) is 0 Å². The molecule has 1 unspecified atom stereocenters. The largest absolute Gasteiger partial charge is 0.390 e. The topological polar surface area (TPSA) is 62.5 Å². The van der Waals surface area contributed by atoms with E-state index >= 15 is 0 Å². The minimum absolute atomic E-state index is 0.0581. The van der Waals surface area contributed by atoms with Gasteiger partial charge in [-0.05, 0) is 25.0 Å². The van der Waals surface area contributed by atoms with E-state index in [4.69, 9.17) is 0 Å². The van der Waals surface area contributed by atoms with Crippen molar-refractivity contribution in [3.63, 3.8) is 0 Å². The molecule has 2 aromatic carbocycles. The molecule has 132 valence electrons. The molecule has 5 nitrogen and oxygen atoms in total. The molecule has 0 saturated heterocycles. The average Bonchev–Trinajstić information content (AvgIpc) is 3.37. The highest BCUT2D eigenvalue weighted by molar-refractivity contribution is 7.88. The van der Waals surface area contributed by atoms with Gasteiger partial charge in [0, 0.05) is 34.4 Å². The Labute approximate surface area is 147 Å². The van der Waals surface area contributed by atoms with E-state index in [0.29, 0.717) is 6.54 Å². The fraction of sp³-hybridized carbons (Fsp3) is 0.368. The van der Waals surface area contributed by atoms with Crippen LogP contribution in [0.2, 0.25) is 0 Å². The third-order valence-corrected chi connectivity index (χ3v) is 6.14. The fourth-order valence-corrected chi connectivity index (χ4v) is 4.79. The summed E-state index contributed by atoms with van der Waals surface area (Å²) in [4.78, 5) is 0. The molecular formula is C19H22N2O3S. The maximum absolute atomic E-state index is 12.0. The summed E-state index contributed by atoms with van der Waals surface area (Å²) >= 11 is 0. The van der Waals surface area contributed by atoms with E-state index in [2.05, 4.69) is 16.7 Å². The molecule has 0 bridgehead atoms. The normalized spacial score (nSPS) is 16.8. The molecule has 1 aliphatic rings. The molecule has 0 radical (unpaired) electrons. The number of benzene rings is 2. The van der Waals surface area contributed by atoms with Gasteiger partial charge in [0.25, 0.3) is 0 Å². The first-order valence-electron chi connectivity index (χ1n) is 8.56. The van der Waals surface area contributed by atoms with E-state index in [0.717, 1.165) is 34.6 Å². The number of aliphatic hydroxyl groups excluding tert-OH is 1. The molecule has 1 atom stereocenters. The average molecular weight is 358 g/mol. The highest BCUT2D eigenvalue weighted by Crippen LogP contribution is 2.31. The first-order valence-corrected chi connectivity index (χ1v) is 10.4. The Morgan fingerprint density at radius 3 is 2.08 bits per heavy atom. The molecular weight excluding hydrogens is 336 g/mol. The van der Waals surface area contributed by atoms with E-state index in [1.165, 1.54) is 10.6 Å². The van der Waals surface area contributed by atoms with E-state index in [1.54, 1.807) is 0 Å². The molecule has 0 aliphatic heterocycles. The number of hydrogen-bond donors (Lipinski definition) is 1. The van der Waals surface area contributed by atoms with Gasteiger partial charge >= 0.3 is 0 Å². The Balaban J connectivity index is 1.67. The molecule has 1 N–H and O–H groups in total. The predicted octanol–water partition coefficient (Wildman–Crippen LogP) is 2.58. The van der Waals surface area contributed by atoms with Crippen LogP contribution in [0.15, 0.2) is 48.5 Å². The highest BCUT2D eigenvalue weighted by Gasteiger charge is 2.36. The van der Waals surface area contributed by atoms with Crippen LogP contribution in [-0.4, -0.2) is 47.3 Å². The lowest BCUT2D eigenvalue weighted by Crippen LogP contribution is -2.39. The molecule has 1 aromatic heterocycles. The number of para-hydroxylation sites is 2. The fourth-order valence-electron chi connectivity index (χ4n) is 3.59. The zero-order valence-electron chi connectivity index (χ0n) is 14.2. The van der Waals surface area contributed by atoms with Crippen LogP contribution in [0.25, 0.3) is 21.8 Å². The van der Waals surface area contributed by atoms with Crippen LogP contribution in [0.3, 0.4) is 0 Å². The van der Waals surface area contributed by atoms with Crippen molar-refractivity contribution in [2.75, 3.05) is 12.8 Å². The van der Waals surface area contributed by atoms with Crippen LogP contribution in [-0.2, 0) is 16.6 Å². The molecule has 4 rings (SSSR count). The second-order valence-electron chi connectivity index (χ2n) is 6.86. The number of aromatic nitrogens is 1. The van der Waals surface area contributed by atoms with Gasteiger partial charge in [0.15, 0.2) is 0 Å². The van der Waals surface area contributed by atoms with Gasteiger partial charge in [0.05, 0.1) is 18.9 Å². The van der Waals surface area contributed by atoms with Crippen LogP contribution >= 0.6 is 0 Å². The minimum Gasteiger partial charge on any atom is -0.390 e. The molecule has 1 aliphatic carbocycles. The van der Waals surface area contributed by atoms with Crippen molar-refractivity contribution < 1.29 is 13.5 Å². The molecule has 3 aromatic rings. The minimum atomic E-state index is -3.30. The van der Waals surface area contributed by atoms with E-state index in [-0.39, 0.29) is 12.6 Å². The number of hydrogen-bond acceptors (Lipinski definition) is 3. The first-order chi connectivity index (χ1) is 11.9. The van der Waals surface area contributed by atoms with Gasteiger partial charge in [0.1, 0.15) is 0 Å². The number of aliphatic hydroxyl groups is 1. The third-order valence-electron chi connectivity index (χ3n) is 4.84. The number of sulfonamides is 1. The standard InChI is InChI=1S/C19H22N2O3S/c1-25(23,24)21(14-10-11-14)13-15(22)12-20-18-8-4-2-6-16(18)17-7-3-5-9-19(17)20/h2-9,14-15,22H,10-13H2,1H3. The molecule has 1 saturated carbocycles. The number of nitrogens with zero attached hydrogens (tertiary/aromatic N) is 2. The van der Waals surface area contributed by atoms with Gasteiger partial charge in [-0.2, -0.15) is 4.31 Å². The Bertz CT molecular complexity index is 968. The lowest BCUT2D eigenvalue weighted by Gasteiger charge is -2.23. The van der Waals surface area contributed by atoms with Gasteiger partial charge in [0.2, 0.25) is 10.0 Å². The molecule has 6 heteroatoms. The first kappa shape index (κ1) is 16.6. The highest BCUT2D eigenvalue weighted by atomic mass is 32.2. The summed E-state index contributed by atoms with van der Waals surface area (Å²) < 4.78 is 27.5. The van der Waals surface area contributed by atoms with Crippen molar-refractivity contribution in [3.8, 4) is 0 Å². The summed E-state index contributed by atoms with van der Waals surface area (Å²) in [6, 6.07) is 16.3. The van der Waals surface area contributed by atoms with Gasteiger partial charge in [-0.3, -0.25) is 0 Å². The Morgan fingerprint density at radius 2 is 1.60 bits per heavy atom. The van der Waals surface area contributed by atoms with Crippen molar-refractivity contribution in [2.24, 2.45) is 0 Å². The summed E-state index contributed by atoms with van der Waals surface area (Å²) in [7, 11) is -3.30. The van der Waals surface area contributed by atoms with Gasteiger partial charge in [-0.1, -0.05) is 36.4 Å². The SMILES string of the molecule is CS(=O)(=O)N(CC(O)Cn1c2ccccc2c2ccccc21)C1CC1. The zero-order chi connectivity index (χ0) is 17.6. The van der Waals surface area contributed by atoms with Crippen molar-refractivity contribution >= 4 is 31.8 Å². The number of fused-ring (bicyclic) bond motifs is 3. The number of rotatable bonds is 6. The second kappa shape index (κ2) is 6.12. The van der Waals surface area contributed by atoms with Crippen molar-refractivity contribution in [3.05, 3.63) is 48.5 Å². The van der Waals surface area contributed by atoms with Crippen molar-refractivity contribution in [1.29, 1.82) is 0 Å². The zero-order valence-corrected chi connectivity index (χ0v) is 15.0. The molecule has 1 fully saturated rings. The quantitative estimate of drug-likeness (QED) is 0.737. The van der Waals surface area contributed by atoms with E-state index < -0.39 is 16.1 Å². The van der Waals surface area contributed by atoms with Gasteiger partial charge < -0.3 is 9.67 Å². The second-order valence-corrected chi connectivity index (χ2v) is 8.80. The van der Waals surface area contributed by atoms with Crippen LogP contribution in [0.5, 0.6) is 0 Å². The Hall–Kier alpha value is -1.89. The maximum Gasteiger partial charge on any atom is 0.211 e. The van der Waals surface area contributed by atoms with Gasteiger partial charge in [-0.25, -0.2) is 8.42 Å². The smallest absolute Gasteiger partial charge is 0.211 e. The molecule has 1 heterocycles. The predicted molar refractivity (Wildman–Crippen MR) is 100 cm³/mol. The maximum atomic E-state index is 12.0. The summed E-state index contributed by atoms with van der Waals surface area (Å²) in [5, 5.41) is 12.9. The summed E-state index contributed by atoms with van der Waals surface area (Å²) in [6.07, 6.45) is 2.23.